The van der Waals surface area contributed by atoms with Crippen LogP contribution in [-0.4, -0.2) is 35.6 Å². The Hall–Kier alpha value is -0.940. The van der Waals surface area contributed by atoms with Gasteiger partial charge in [-0.3, -0.25) is 4.90 Å². The van der Waals surface area contributed by atoms with Gasteiger partial charge in [-0.05, 0) is 61.4 Å². The molecule has 0 radical (unpaired) electrons. The van der Waals surface area contributed by atoms with Crippen LogP contribution in [0.15, 0.2) is 35.8 Å². The molecule has 1 saturated carbocycles. The van der Waals surface area contributed by atoms with Gasteiger partial charge in [-0.15, -0.1) is 11.3 Å². The minimum absolute atomic E-state index is 0.470. The van der Waals surface area contributed by atoms with Gasteiger partial charge in [-0.25, -0.2) is 4.98 Å². The minimum Gasteiger partial charge on any atom is -0.317 e. The maximum Gasteiger partial charge on any atom is 0.107 e. The Kier molecular flexibility index (Phi) is 5.14. The maximum absolute atomic E-state index is 6.20. The lowest BCUT2D eigenvalue weighted by Gasteiger charge is -2.31. The van der Waals surface area contributed by atoms with Crippen LogP contribution in [0, 0.1) is 5.41 Å². The average molecular weight is 376 g/mol. The molecule has 25 heavy (non-hydrogen) atoms. The number of aromatic nitrogens is 1. The van der Waals surface area contributed by atoms with Crippen molar-refractivity contribution in [1.82, 2.24) is 15.2 Å². The van der Waals surface area contributed by atoms with Crippen molar-refractivity contribution in [1.29, 1.82) is 0 Å². The Morgan fingerprint density at radius 1 is 1.40 bits per heavy atom. The molecule has 1 aliphatic carbocycles. The molecule has 1 aliphatic heterocycles. The Balaban J connectivity index is 1.49. The van der Waals surface area contributed by atoms with Gasteiger partial charge in [-0.1, -0.05) is 30.7 Å². The molecular weight excluding hydrogens is 350 g/mol. The summed E-state index contributed by atoms with van der Waals surface area (Å²) >= 11 is 7.97. The molecule has 1 aromatic heterocycles. The van der Waals surface area contributed by atoms with E-state index in [-0.39, 0.29) is 0 Å². The largest absolute Gasteiger partial charge is 0.317 e. The summed E-state index contributed by atoms with van der Waals surface area (Å²) in [6.07, 6.45) is 5.91. The molecule has 134 valence electrons. The molecule has 4 rings (SSSR count). The fourth-order valence-electron chi connectivity index (χ4n) is 4.38. The highest BCUT2D eigenvalue weighted by atomic mass is 35.5. The van der Waals surface area contributed by atoms with E-state index < -0.39 is 0 Å². The van der Waals surface area contributed by atoms with Crippen LogP contribution >= 0.6 is 22.9 Å². The monoisotopic (exact) mass is 375 g/mol. The van der Waals surface area contributed by atoms with E-state index in [1.807, 2.05) is 12.3 Å². The number of hydrogen-bond acceptors (Lipinski definition) is 4. The first-order chi connectivity index (χ1) is 12.2. The van der Waals surface area contributed by atoms with Gasteiger partial charge in [0.1, 0.15) is 5.01 Å². The van der Waals surface area contributed by atoms with Crippen LogP contribution in [0.25, 0.3) is 0 Å². The summed E-state index contributed by atoms with van der Waals surface area (Å²) < 4.78 is 0. The van der Waals surface area contributed by atoms with Crippen molar-refractivity contribution in [3.63, 3.8) is 0 Å². The normalized spacial score (nSPS) is 23.1. The first-order valence-electron chi connectivity index (χ1n) is 9.25. The second-order valence-electron chi connectivity index (χ2n) is 7.64. The maximum atomic E-state index is 6.20. The zero-order chi connectivity index (χ0) is 17.3. The lowest BCUT2D eigenvalue weighted by atomic mass is 9.93. The lowest BCUT2D eigenvalue weighted by molar-refractivity contribution is 0.187. The summed E-state index contributed by atoms with van der Waals surface area (Å²) in [7, 11) is 0. The molecule has 3 nitrogen and oxygen atoms in total. The first kappa shape index (κ1) is 17.5. The molecule has 2 atom stereocenters. The zero-order valence-electron chi connectivity index (χ0n) is 14.7. The van der Waals surface area contributed by atoms with Gasteiger partial charge in [-0.2, -0.15) is 0 Å². The SMILES string of the molecule is CC(CN(Cc1nccs1)C1CC12CCNCC2)c1cccc(Cl)c1. The summed E-state index contributed by atoms with van der Waals surface area (Å²) in [5.74, 6) is 0.470. The molecule has 1 aromatic carbocycles. The summed E-state index contributed by atoms with van der Waals surface area (Å²) in [4.78, 5) is 7.23. The van der Waals surface area contributed by atoms with Gasteiger partial charge in [0.25, 0.3) is 0 Å². The summed E-state index contributed by atoms with van der Waals surface area (Å²) in [6, 6.07) is 9.03. The van der Waals surface area contributed by atoms with Gasteiger partial charge >= 0.3 is 0 Å². The van der Waals surface area contributed by atoms with E-state index in [0.29, 0.717) is 17.4 Å². The van der Waals surface area contributed by atoms with Crippen LogP contribution in [0.1, 0.15) is 42.7 Å². The number of halogens is 1. The van der Waals surface area contributed by atoms with Gasteiger partial charge in [0, 0.05) is 29.2 Å². The molecular formula is C20H26ClN3S. The molecule has 2 aromatic rings. The van der Waals surface area contributed by atoms with E-state index in [0.717, 1.165) is 18.1 Å². The van der Waals surface area contributed by atoms with Gasteiger partial charge in [0.2, 0.25) is 0 Å². The van der Waals surface area contributed by atoms with Crippen LogP contribution in [0.2, 0.25) is 5.02 Å². The van der Waals surface area contributed by atoms with Crippen LogP contribution in [0.4, 0.5) is 0 Å². The van der Waals surface area contributed by atoms with E-state index in [4.69, 9.17) is 11.6 Å². The van der Waals surface area contributed by atoms with Crippen LogP contribution in [0.5, 0.6) is 0 Å². The Labute approximate surface area is 159 Å². The highest BCUT2D eigenvalue weighted by Crippen LogP contribution is 2.56. The summed E-state index contributed by atoms with van der Waals surface area (Å²) in [6.45, 7) is 6.71. The van der Waals surface area contributed by atoms with Crippen LogP contribution < -0.4 is 5.32 Å². The Bertz CT molecular complexity index is 697. The third-order valence-electron chi connectivity index (χ3n) is 5.93. The highest BCUT2D eigenvalue weighted by molar-refractivity contribution is 7.09. The minimum atomic E-state index is 0.470. The third-order valence-corrected chi connectivity index (χ3v) is 6.93. The van der Waals surface area contributed by atoms with Crippen molar-refractivity contribution in [2.45, 2.75) is 44.7 Å². The average Bonchev–Trinajstić information content (AvgIpc) is 3.05. The first-order valence-corrected chi connectivity index (χ1v) is 10.5. The number of thiazole rings is 1. The summed E-state index contributed by atoms with van der Waals surface area (Å²) in [5.41, 5.74) is 1.88. The molecule has 2 unspecified atom stereocenters. The molecule has 2 fully saturated rings. The molecule has 1 saturated heterocycles. The highest BCUT2D eigenvalue weighted by Gasteiger charge is 2.56. The second-order valence-corrected chi connectivity index (χ2v) is 9.06. The molecule has 2 heterocycles. The fraction of sp³-hybridized carbons (Fsp3) is 0.550. The van der Waals surface area contributed by atoms with E-state index in [9.17, 15) is 0 Å². The lowest BCUT2D eigenvalue weighted by Crippen LogP contribution is -2.37. The molecule has 2 aliphatic rings. The molecule has 0 amide bonds. The van der Waals surface area contributed by atoms with E-state index in [1.165, 1.54) is 42.9 Å². The van der Waals surface area contributed by atoms with Gasteiger partial charge < -0.3 is 5.32 Å². The van der Waals surface area contributed by atoms with Crippen molar-refractivity contribution in [2.75, 3.05) is 19.6 Å². The number of nitrogens with zero attached hydrogens (tertiary/aromatic N) is 2. The number of piperidine rings is 1. The second kappa shape index (κ2) is 7.36. The smallest absolute Gasteiger partial charge is 0.107 e. The van der Waals surface area contributed by atoms with Crippen LogP contribution in [0.3, 0.4) is 0 Å². The van der Waals surface area contributed by atoms with Crippen molar-refractivity contribution >= 4 is 22.9 Å². The predicted molar refractivity (Wildman–Crippen MR) is 105 cm³/mol. The molecule has 1 N–H and O–H groups in total. The topological polar surface area (TPSA) is 28.2 Å². The van der Waals surface area contributed by atoms with E-state index in [2.05, 4.69) is 45.7 Å². The quantitative estimate of drug-likeness (QED) is 0.803. The Morgan fingerprint density at radius 3 is 2.96 bits per heavy atom. The van der Waals surface area contributed by atoms with E-state index in [1.54, 1.807) is 11.3 Å². The standard InChI is InChI=1S/C20H26ClN3S/c1-15(16-3-2-4-17(21)11-16)13-24(14-19-23-9-10-25-19)18-12-20(18)5-7-22-8-6-20/h2-4,9-11,15,18,22H,5-8,12-14H2,1H3. The number of rotatable bonds is 6. The molecule has 5 heteroatoms. The zero-order valence-corrected chi connectivity index (χ0v) is 16.3. The summed E-state index contributed by atoms with van der Waals surface area (Å²) in [5, 5.41) is 7.66. The third kappa shape index (κ3) is 3.92. The van der Waals surface area contributed by atoms with Gasteiger partial charge in [0.15, 0.2) is 0 Å². The van der Waals surface area contributed by atoms with E-state index >= 15 is 0 Å². The predicted octanol–water partition coefficient (Wildman–Crippen LogP) is 4.54. The van der Waals surface area contributed by atoms with Crippen molar-refractivity contribution < 1.29 is 0 Å². The number of benzene rings is 1. The van der Waals surface area contributed by atoms with Crippen molar-refractivity contribution in [3.05, 3.63) is 51.4 Å². The fourth-order valence-corrected chi connectivity index (χ4v) is 5.22. The Morgan fingerprint density at radius 2 is 2.24 bits per heavy atom. The molecule has 1 spiro atoms. The number of hydrogen-bond donors (Lipinski definition) is 1. The molecule has 0 bridgehead atoms. The van der Waals surface area contributed by atoms with Crippen LogP contribution in [-0.2, 0) is 6.54 Å². The van der Waals surface area contributed by atoms with Crippen molar-refractivity contribution in [3.8, 4) is 0 Å². The number of nitrogens with one attached hydrogen (secondary N) is 1. The van der Waals surface area contributed by atoms with Crippen molar-refractivity contribution in [2.24, 2.45) is 5.41 Å². The van der Waals surface area contributed by atoms with Gasteiger partial charge in [0.05, 0.1) is 6.54 Å².